The van der Waals surface area contributed by atoms with E-state index in [4.69, 9.17) is 9.05 Å². The van der Waals surface area contributed by atoms with Gasteiger partial charge in [-0.25, -0.2) is 9.44 Å². The molecule has 0 atom stereocenters. The Labute approximate surface area is 258 Å². The summed E-state index contributed by atoms with van der Waals surface area (Å²) in [5.41, 5.74) is 2.82. The fraction of sp³-hybridized carbons (Fsp3) is 0.154. The van der Waals surface area contributed by atoms with Crippen LogP contribution in [0.5, 0.6) is 0 Å². The summed E-state index contributed by atoms with van der Waals surface area (Å²) in [6.07, 6.45) is 0. The average Bonchev–Trinajstić information content (AvgIpc) is 3.67. The number of halogens is 2. The molecule has 220 valence electrons. The van der Waals surface area contributed by atoms with Gasteiger partial charge in [-0.2, -0.15) is 16.8 Å². The van der Waals surface area contributed by atoms with Gasteiger partial charge in [-0.05, 0) is 70.0 Å². The van der Waals surface area contributed by atoms with Gasteiger partial charge in [0.25, 0.3) is 31.8 Å². The van der Waals surface area contributed by atoms with Crippen molar-refractivity contribution >= 4 is 85.5 Å². The molecule has 6 rings (SSSR count). The maximum Gasteiger partial charge on any atom is 0.279 e. The van der Waals surface area contributed by atoms with Crippen molar-refractivity contribution < 1.29 is 25.9 Å². The summed E-state index contributed by atoms with van der Waals surface area (Å²) in [5.74, 6) is 0.135. The fourth-order valence-corrected chi connectivity index (χ4v) is 7.44. The van der Waals surface area contributed by atoms with Gasteiger partial charge in [0.05, 0.1) is 11.4 Å². The number of aromatic nitrogens is 4. The lowest BCUT2D eigenvalue weighted by Gasteiger charge is -2.06. The summed E-state index contributed by atoms with van der Waals surface area (Å²) in [6.45, 7) is 3.42. The molecule has 0 aliphatic heterocycles. The summed E-state index contributed by atoms with van der Waals surface area (Å²) in [6, 6.07) is 18.2. The highest BCUT2D eigenvalue weighted by Gasteiger charge is 2.25. The molecule has 42 heavy (non-hydrogen) atoms. The molecule has 0 aliphatic carbocycles. The third kappa shape index (κ3) is 5.58. The average molecular weight is 740 g/mol. The number of fused-ring (bicyclic) bond motifs is 2. The van der Waals surface area contributed by atoms with Crippen LogP contribution < -0.4 is 9.44 Å². The highest BCUT2D eigenvalue weighted by Crippen LogP contribution is 2.31. The molecule has 4 heterocycles. The first-order chi connectivity index (χ1) is 19.8. The standard InChI is InChI=1S/2C13H12BrN3O3S/c2*1-8-12(14)13(20-15-8)16-21(18,19)11-7-9-5-3-4-6-10(9)17(11)2/h2*3-7,16H,1-2H3. The lowest BCUT2D eigenvalue weighted by atomic mass is 10.2. The molecule has 0 unspecified atom stereocenters. The first-order valence-electron chi connectivity index (χ1n) is 12.2. The highest BCUT2D eigenvalue weighted by molar-refractivity contribution is 9.11. The van der Waals surface area contributed by atoms with Gasteiger partial charge in [0.15, 0.2) is 10.1 Å². The van der Waals surface area contributed by atoms with Crippen LogP contribution in [0.3, 0.4) is 0 Å². The normalized spacial score (nSPS) is 12.0. The summed E-state index contributed by atoms with van der Waals surface area (Å²) in [5, 5.41) is 9.43. The number of sulfonamides is 2. The zero-order valence-corrected chi connectivity index (χ0v) is 27.4. The first kappa shape index (κ1) is 29.9. The van der Waals surface area contributed by atoms with E-state index >= 15 is 0 Å². The molecular formula is C26H24Br2N6O6S2. The third-order valence-electron chi connectivity index (χ3n) is 6.40. The molecule has 0 spiro atoms. The minimum atomic E-state index is -3.77. The van der Waals surface area contributed by atoms with E-state index < -0.39 is 20.0 Å². The number of anilines is 2. The molecule has 0 aliphatic rings. The minimum Gasteiger partial charge on any atom is -0.336 e. The van der Waals surface area contributed by atoms with Crippen LogP contribution in [0, 0.1) is 13.8 Å². The van der Waals surface area contributed by atoms with Crippen LogP contribution in [-0.2, 0) is 34.1 Å². The molecule has 2 aromatic carbocycles. The third-order valence-corrected chi connectivity index (χ3v) is 11.1. The summed E-state index contributed by atoms with van der Waals surface area (Å²) >= 11 is 6.48. The van der Waals surface area contributed by atoms with Crippen molar-refractivity contribution in [3.8, 4) is 0 Å². The van der Waals surface area contributed by atoms with E-state index in [9.17, 15) is 16.8 Å². The zero-order valence-electron chi connectivity index (χ0n) is 22.6. The largest absolute Gasteiger partial charge is 0.336 e. The van der Waals surface area contributed by atoms with E-state index in [2.05, 4.69) is 51.6 Å². The Hall–Kier alpha value is -3.60. The summed E-state index contributed by atoms with van der Waals surface area (Å²) in [7, 11) is -4.12. The van der Waals surface area contributed by atoms with Gasteiger partial charge in [-0.3, -0.25) is 0 Å². The molecule has 16 heteroatoms. The predicted octanol–water partition coefficient (Wildman–Crippen LogP) is 6.08. The van der Waals surface area contributed by atoms with Crippen LogP contribution in [0.25, 0.3) is 21.8 Å². The number of nitrogens with one attached hydrogen (secondary N) is 2. The molecule has 0 amide bonds. The first-order valence-corrected chi connectivity index (χ1v) is 16.7. The van der Waals surface area contributed by atoms with Crippen LogP contribution in [0.15, 0.2) is 88.7 Å². The van der Waals surface area contributed by atoms with Crippen LogP contribution in [0.4, 0.5) is 11.8 Å². The van der Waals surface area contributed by atoms with Gasteiger partial charge in [-0.1, -0.05) is 46.7 Å². The van der Waals surface area contributed by atoms with Crippen molar-refractivity contribution in [3.63, 3.8) is 0 Å². The predicted molar refractivity (Wildman–Crippen MR) is 165 cm³/mol. The van der Waals surface area contributed by atoms with E-state index in [1.165, 1.54) is 0 Å². The second kappa shape index (κ2) is 11.2. The number of hydrogen-bond donors (Lipinski definition) is 2. The van der Waals surface area contributed by atoms with Crippen molar-refractivity contribution in [3.05, 3.63) is 81.0 Å². The van der Waals surface area contributed by atoms with Crippen molar-refractivity contribution in [1.29, 1.82) is 0 Å². The number of hydrogen-bond acceptors (Lipinski definition) is 8. The van der Waals surface area contributed by atoms with E-state index in [1.807, 2.05) is 48.5 Å². The van der Waals surface area contributed by atoms with E-state index in [0.29, 0.717) is 20.3 Å². The van der Waals surface area contributed by atoms with Crippen LogP contribution in [0.2, 0.25) is 0 Å². The van der Waals surface area contributed by atoms with Gasteiger partial charge < -0.3 is 18.2 Å². The second-order valence-electron chi connectivity index (χ2n) is 9.23. The second-order valence-corrected chi connectivity index (χ2v) is 14.1. The van der Waals surface area contributed by atoms with Crippen LogP contribution >= 0.6 is 31.9 Å². The van der Waals surface area contributed by atoms with Crippen molar-refractivity contribution in [2.75, 3.05) is 9.44 Å². The number of rotatable bonds is 6. The summed E-state index contributed by atoms with van der Waals surface area (Å²) in [4.78, 5) is 0. The van der Waals surface area contributed by atoms with Crippen LogP contribution in [-0.4, -0.2) is 36.3 Å². The molecule has 0 bridgehead atoms. The number of aryl methyl sites for hydroxylation is 4. The van der Waals surface area contributed by atoms with E-state index in [-0.39, 0.29) is 21.8 Å². The monoisotopic (exact) mass is 738 g/mol. The highest BCUT2D eigenvalue weighted by atomic mass is 79.9. The van der Waals surface area contributed by atoms with Gasteiger partial charge >= 0.3 is 0 Å². The maximum atomic E-state index is 12.5. The Bertz CT molecular complexity index is 2010. The van der Waals surface area contributed by atoms with E-state index in [0.717, 1.165) is 21.8 Å². The van der Waals surface area contributed by atoms with Gasteiger partial charge in [-0.15, -0.1) is 0 Å². The zero-order chi connectivity index (χ0) is 30.4. The molecule has 4 aromatic heterocycles. The van der Waals surface area contributed by atoms with Gasteiger partial charge in [0.1, 0.15) is 8.95 Å². The lowest BCUT2D eigenvalue weighted by Crippen LogP contribution is -2.16. The SMILES string of the molecule is Cc1noc(NS(=O)(=O)c2cc3ccccc3n2C)c1Br.Cc1noc(NS(=O)(=O)c2cc3ccccc3n2C)c1Br. The molecule has 0 saturated carbocycles. The Balaban J connectivity index is 0.000000168. The van der Waals surface area contributed by atoms with Crippen molar-refractivity contribution in [1.82, 2.24) is 19.4 Å². The Kier molecular flexibility index (Phi) is 8.00. The Morgan fingerprint density at radius 2 is 1.02 bits per heavy atom. The number of nitrogens with zero attached hydrogens (tertiary/aromatic N) is 4. The van der Waals surface area contributed by atoms with Crippen molar-refractivity contribution in [2.24, 2.45) is 14.1 Å². The molecule has 0 radical (unpaired) electrons. The molecule has 0 saturated heterocycles. The quantitative estimate of drug-likeness (QED) is 0.209. The topological polar surface area (TPSA) is 154 Å². The van der Waals surface area contributed by atoms with E-state index in [1.54, 1.807) is 49.2 Å². The number of benzene rings is 2. The van der Waals surface area contributed by atoms with Crippen molar-refractivity contribution in [2.45, 2.75) is 23.9 Å². The van der Waals surface area contributed by atoms with Crippen LogP contribution in [0.1, 0.15) is 11.4 Å². The molecular weight excluding hydrogens is 716 g/mol. The van der Waals surface area contributed by atoms with Gasteiger partial charge in [0.2, 0.25) is 0 Å². The number of para-hydroxylation sites is 2. The Morgan fingerprint density at radius 3 is 1.33 bits per heavy atom. The molecule has 0 fully saturated rings. The maximum absolute atomic E-state index is 12.5. The fourth-order valence-electron chi connectivity index (χ4n) is 4.24. The molecule has 12 nitrogen and oxygen atoms in total. The lowest BCUT2D eigenvalue weighted by molar-refractivity contribution is 0.430. The molecule has 6 aromatic rings. The Morgan fingerprint density at radius 1 is 0.667 bits per heavy atom. The smallest absolute Gasteiger partial charge is 0.279 e. The van der Waals surface area contributed by atoms with Gasteiger partial charge in [0, 0.05) is 35.9 Å². The molecule has 2 N–H and O–H groups in total. The minimum absolute atomic E-state index is 0.0674. The summed E-state index contributed by atoms with van der Waals surface area (Å²) < 4.78 is 69.0.